The second kappa shape index (κ2) is 2.32. The number of rotatable bonds is 2. The summed E-state index contributed by atoms with van der Waals surface area (Å²) in [5.74, 6) is 0. The molecule has 0 aliphatic rings. The minimum absolute atomic E-state index is 0.612. The number of aliphatic hydroxyl groups is 1. The fourth-order valence-corrected chi connectivity index (χ4v) is 0.822. The summed E-state index contributed by atoms with van der Waals surface area (Å²) in [6.07, 6.45) is 0. The second-order valence-electron chi connectivity index (χ2n) is 3.53. The molecule has 1 N–H and O–H groups in total. The van der Waals surface area contributed by atoms with Crippen molar-refractivity contribution >= 4 is 8.07 Å². The summed E-state index contributed by atoms with van der Waals surface area (Å²) in [5.41, 5.74) is 0. The van der Waals surface area contributed by atoms with Crippen LogP contribution in [0.25, 0.3) is 0 Å². The van der Waals surface area contributed by atoms with Crippen LogP contribution in [0.4, 0.5) is 0 Å². The normalized spacial score (nSPS) is 18.1. The van der Waals surface area contributed by atoms with Gasteiger partial charge in [0.25, 0.3) is 5.35 Å². The van der Waals surface area contributed by atoms with E-state index >= 15 is 0 Å². The number of nitro groups is 1. The second-order valence-corrected chi connectivity index (χ2v) is 8.98. The van der Waals surface area contributed by atoms with E-state index in [1.165, 1.54) is 6.92 Å². The van der Waals surface area contributed by atoms with Crippen LogP contribution in [0.2, 0.25) is 19.6 Å². The zero-order valence-corrected chi connectivity index (χ0v) is 7.71. The van der Waals surface area contributed by atoms with Crippen molar-refractivity contribution in [3.8, 4) is 0 Å². The van der Waals surface area contributed by atoms with Crippen molar-refractivity contribution in [3.63, 3.8) is 0 Å². The van der Waals surface area contributed by atoms with Crippen LogP contribution >= 0.6 is 0 Å². The van der Waals surface area contributed by atoms with Crippen molar-refractivity contribution in [2.24, 2.45) is 0 Å². The minimum atomic E-state index is -2.09. The monoisotopic (exact) mass is 163 g/mol. The van der Waals surface area contributed by atoms with Gasteiger partial charge in [-0.2, -0.15) is 0 Å². The third-order valence-corrected chi connectivity index (χ3v) is 4.80. The Labute approximate surface area is 61.0 Å². The van der Waals surface area contributed by atoms with Gasteiger partial charge in [0.15, 0.2) is 8.07 Å². The van der Waals surface area contributed by atoms with Crippen LogP contribution in [0.5, 0.6) is 0 Å². The Bertz CT molecular complexity index is 149. The van der Waals surface area contributed by atoms with E-state index in [9.17, 15) is 15.2 Å². The van der Waals surface area contributed by atoms with Gasteiger partial charge < -0.3 is 5.11 Å². The predicted molar refractivity (Wildman–Crippen MR) is 41.0 cm³/mol. The molecule has 0 heterocycles. The van der Waals surface area contributed by atoms with Crippen molar-refractivity contribution in [2.45, 2.75) is 31.9 Å². The lowest BCUT2D eigenvalue weighted by Gasteiger charge is -2.25. The summed E-state index contributed by atoms with van der Waals surface area (Å²) < 4.78 is 0. The van der Waals surface area contributed by atoms with Crippen LogP contribution in [-0.4, -0.2) is 23.5 Å². The highest BCUT2D eigenvalue weighted by atomic mass is 28.3. The smallest absolute Gasteiger partial charge is 0.291 e. The highest BCUT2D eigenvalue weighted by molar-refractivity contribution is 6.78. The molecule has 60 valence electrons. The van der Waals surface area contributed by atoms with Gasteiger partial charge in [0, 0.05) is 11.8 Å². The van der Waals surface area contributed by atoms with E-state index in [1.54, 1.807) is 19.6 Å². The molecule has 0 bridgehead atoms. The maximum atomic E-state index is 10.3. The SMILES string of the molecule is CC(O)([N+](=O)[O-])[Si](C)(C)C. The molecule has 1 atom stereocenters. The first kappa shape index (κ1) is 9.58. The van der Waals surface area contributed by atoms with Gasteiger partial charge in [-0.1, -0.05) is 19.6 Å². The van der Waals surface area contributed by atoms with Crippen LogP contribution in [0.1, 0.15) is 6.92 Å². The average Bonchev–Trinajstić information content (AvgIpc) is 1.62. The van der Waals surface area contributed by atoms with Crippen LogP contribution in [0, 0.1) is 10.1 Å². The molecule has 0 aromatic heterocycles. The van der Waals surface area contributed by atoms with E-state index in [1.807, 2.05) is 0 Å². The van der Waals surface area contributed by atoms with Gasteiger partial charge in [0.2, 0.25) is 0 Å². The topological polar surface area (TPSA) is 63.4 Å². The third-order valence-electron chi connectivity index (χ3n) is 1.78. The fourth-order valence-electron chi connectivity index (χ4n) is 0.274. The minimum Gasteiger partial charge on any atom is -0.335 e. The van der Waals surface area contributed by atoms with Crippen LogP contribution in [0.15, 0.2) is 0 Å². The van der Waals surface area contributed by atoms with Crippen molar-refractivity contribution in [1.29, 1.82) is 0 Å². The largest absolute Gasteiger partial charge is 0.335 e. The predicted octanol–water partition coefficient (Wildman–Crippen LogP) is 0.849. The van der Waals surface area contributed by atoms with Crippen LogP contribution in [0.3, 0.4) is 0 Å². The Hall–Kier alpha value is -0.423. The maximum absolute atomic E-state index is 10.3. The Kier molecular flexibility index (Phi) is 2.22. The summed E-state index contributed by atoms with van der Waals surface area (Å²) in [6.45, 7) is 6.54. The molecule has 0 aliphatic heterocycles. The van der Waals surface area contributed by atoms with Gasteiger partial charge in [-0.15, -0.1) is 0 Å². The van der Waals surface area contributed by atoms with E-state index in [0.29, 0.717) is 0 Å². The highest BCUT2D eigenvalue weighted by Gasteiger charge is 2.48. The van der Waals surface area contributed by atoms with E-state index in [-0.39, 0.29) is 0 Å². The van der Waals surface area contributed by atoms with Crippen molar-refractivity contribution < 1.29 is 10.0 Å². The molecule has 0 rings (SSSR count). The Balaban J connectivity index is 4.57. The molecule has 0 saturated heterocycles. The third kappa shape index (κ3) is 1.54. The summed E-state index contributed by atoms with van der Waals surface area (Å²) in [7, 11) is -2.09. The van der Waals surface area contributed by atoms with E-state index < -0.39 is 18.3 Å². The molecule has 0 spiro atoms. The standard InChI is InChI=1S/C5H13NO3Si/c1-5(7,6(8)9)10(2,3)4/h7H,1-4H3. The molecule has 0 radical (unpaired) electrons. The van der Waals surface area contributed by atoms with Gasteiger partial charge in [0.05, 0.1) is 0 Å². The molecule has 5 heteroatoms. The zero-order chi connectivity index (χ0) is 8.58. The first-order valence-corrected chi connectivity index (χ1v) is 6.56. The Morgan fingerprint density at radius 3 is 1.80 bits per heavy atom. The average molecular weight is 163 g/mol. The van der Waals surface area contributed by atoms with Gasteiger partial charge in [-0.3, -0.25) is 10.1 Å². The number of hydrogen-bond donors (Lipinski definition) is 1. The molecule has 0 aromatic carbocycles. The van der Waals surface area contributed by atoms with E-state index in [4.69, 9.17) is 0 Å². The highest BCUT2D eigenvalue weighted by Crippen LogP contribution is 2.19. The Morgan fingerprint density at radius 1 is 1.50 bits per heavy atom. The summed E-state index contributed by atoms with van der Waals surface area (Å²) in [6, 6.07) is 0. The molecule has 1 unspecified atom stereocenters. The number of nitrogens with zero attached hydrogens (tertiary/aromatic N) is 1. The lowest BCUT2D eigenvalue weighted by molar-refractivity contribution is -0.592. The van der Waals surface area contributed by atoms with Gasteiger partial charge in [-0.25, -0.2) is 0 Å². The van der Waals surface area contributed by atoms with E-state index in [2.05, 4.69) is 0 Å². The lowest BCUT2D eigenvalue weighted by atomic mass is 10.7. The van der Waals surface area contributed by atoms with Crippen LogP contribution in [-0.2, 0) is 0 Å². The number of hydrogen-bond acceptors (Lipinski definition) is 3. The first-order valence-electron chi connectivity index (χ1n) is 3.06. The van der Waals surface area contributed by atoms with Gasteiger partial charge in [-0.05, 0) is 0 Å². The Morgan fingerprint density at radius 2 is 1.80 bits per heavy atom. The zero-order valence-electron chi connectivity index (χ0n) is 6.71. The summed E-state index contributed by atoms with van der Waals surface area (Å²) >= 11 is 0. The van der Waals surface area contributed by atoms with Crippen molar-refractivity contribution in [2.75, 3.05) is 0 Å². The van der Waals surface area contributed by atoms with Crippen LogP contribution < -0.4 is 0 Å². The van der Waals surface area contributed by atoms with Crippen molar-refractivity contribution in [3.05, 3.63) is 10.1 Å². The lowest BCUT2D eigenvalue weighted by Crippen LogP contribution is -2.55. The summed E-state index contributed by atoms with van der Waals surface area (Å²) in [4.78, 5) is 9.65. The first-order chi connectivity index (χ1) is 4.19. The molecule has 10 heavy (non-hydrogen) atoms. The molecule has 0 saturated carbocycles. The van der Waals surface area contributed by atoms with Gasteiger partial charge >= 0.3 is 0 Å². The molecule has 4 nitrogen and oxygen atoms in total. The van der Waals surface area contributed by atoms with E-state index in [0.717, 1.165) is 0 Å². The van der Waals surface area contributed by atoms with Crippen molar-refractivity contribution in [1.82, 2.24) is 0 Å². The molecular formula is C5H13NO3Si. The molecular weight excluding hydrogens is 150 g/mol. The molecule has 0 amide bonds. The molecule has 0 fully saturated rings. The molecule has 0 aromatic rings. The fraction of sp³-hybridized carbons (Fsp3) is 1.00. The maximum Gasteiger partial charge on any atom is 0.291 e. The van der Waals surface area contributed by atoms with Gasteiger partial charge in [0.1, 0.15) is 0 Å². The quantitative estimate of drug-likeness (QED) is 0.284. The molecule has 0 aliphatic carbocycles. The summed E-state index contributed by atoms with van der Waals surface area (Å²) in [5, 5.41) is 17.8.